The van der Waals surface area contributed by atoms with Crippen LogP contribution in [0.4, 0.5) is 5.82 Å². The SMILES string of the molecule is CCC1CCCN1S(=O)(=O)c1cnc(NC)c(Cl)c1. The van der Waals surface area contributed by atoms with Crippen molar-refractivity contribution in [2.45, 2.75) is 37.1 Å². The molecule has 1 aromatic rings. The summed E-state index contributed by atoms with van der Waals surface area (Å²) in [6.07, 6.45) is 4.02. The normalized spacial score (nSPS) is 20.7. The fourth-order valence-electron chi connectivity index (χ4n) is 2.41. The van der Waals surface area contributed by atoms with Crippen LogP contribution >= 0.6 is 11.6 Å². The van der Waals surface area contributed by atoms with Crippen LogP contribution in [0.25, 0.3) is 0 Å². The molecule has 1 unspecified atom stereocenters. The minimum atomic E-state index is -3.49. The van der Waals surface area contributed by atoms with E-state index in [1.54, 1.807) is 11.4 Å². The molecule has 1 aliphatic rings. The highest BCUT2D eigenvalue weighted by atomic mass is 35.5. The highest BCUT2D eigenvalue weighted by Crippen LogP contribution is 2.29. The summed E-state index contributed by atoms with van der Waals surface area (Å²) in [5, 5.41) is 3.13. The van der Waals surface area contributed by atoms with Crippen molar-refractivity contribution in [2.75, 3.05) is 18.9 Å². The molecule has 2 heterocycles. The van der Waals surface area contributed by atoms with Crippen molar-refractivity contribution in [1.29, 1.82) is 0 Å². The monoisotopic (exact) mass is 303 g/mol. The van der Waals surface area contributed by atoms with Crippen LogP contribution in [0.2, 0.25) is 5.02 Å². The summed E-state index contributed by atoms with van der Waals surface area (Å²) in [4.78, 5) is 4.20. The van der Waals surface area contributed by atoms with Crippen molar-refractivity contribution >= 4 is 27.4 Å². The molecule has 1 aromatic heterocycles. The Labute approximate surface area is 119 Å². The van der Waals surface area contributed by atoms with E-state index in [0.717, 1.165) is 19.3 Å². The first kappa shape index (κ1) is 14.6. The number of hydrogen-bond acceptors (Lipinski definition) is 4. The van der Waals surface area contributed by atoms with Gasteiger partial charge in [0.15, 0.2) is 0 Å². The van der Waals surface area contributed by atoms with Crippen LogP contribution < -0.4 is 5.32 Å². The van der Waals surface area contributed by atoms with Crippen molar-refractivity contribution in [1.82, 2.24) is 9.29 Å². The van der Waals surface area contributed by atoms with Crippen molar-refractivity contribution in [3.05, 3.63) is 17.3 Å². The number of pyridine rings is 1. The Morgan fingerprint density at radius 1 is 1.58 bits per heavy atom. The minimum absolute atomic E-state index is 0.0905. The number of rotatable bonds is 4. The first-order valence-electron chi connectivity index (χ1n) is 6.35. The van der Waals surface area contributed by atoms with E-state index in [9.17, 15) is 8.42 Å². The molecule has 7 heteroatoms. The Balaban J connectivity index is 2.37. The number of anilines is 1. The number of nitrogens with one attached hydrogen (secondary N) is 1. The van der Waals surface area contributed by atoms with Crippen molar-refractivity contribution in [3.63, 3.8) is 0 Å². The molecule has 2 rings (SSSR count). The summed E-state index contributed by atoms with van der Waals surface area (Å²) >= 11 is 6.00. The summed E-state index contributed by atoms with van der Waals surface area (Å²) in [5.74, 6) is 0.481. The highest BCUT2D eigenvalue weighted by molar-refractivity contribution is 7.89. The third kappa shape index (κ3) is 2.70. The van der Waals surface area contributed by atoms with E-state index in [2.05, 4.69) is 10.3 Å². The number of sulfonamides is 1. The molecule has 5 nitrogen and oxygen atoms in total. The molecular weight excluding hydrogens is 286 g/mol. The van der Waals surface area contributed by atoms with Gasteiger partial charge in [-0.15, -0.1) is 0 Å². The van der Waals surface area contributed by atoms with Crippen LogP contribution in [0.1, 0.15) is 26.2 Å². The number of nitrogens with zero attached hydrogens (tertiary/aromatic N) is 2. The van der Waals surface area contributed by atoms with Crippen molar-refractivity contribution < 1.29 is 8.42 Å². The molecule has 1 N–H and O–H groups in total. The van der Waals surface area contributed by atoms with Gasteiger partial charge in [0.05, 0.1) is 5.02 Å². The second-order valence-electron chi connectivity index (χ2n) is 4.57. The molecule has 106 valence electrons. The molecule has 0 bridgehead atoms. The minimum Gasteiger partial charge on any atom is -0.372 e. The van der Waals surface area contributed by atoms with E-state index in [1.807, 2.05) is 6.92 Å². The van der Waals surface area contributed by atoms with Crippen LogP contribution in [0.15, 0.2) is 17.2 Å². The predicted octanol–water partition coefficient (Wildman–Crippen LogP) is 2.34. The predicted molar refractivity (Wildman–Crippen MR) is 76.0 cm³/mol. The lowest BCUT2D eigenvalue weighted by molar-refractivity contribution is 0.379. The zero-order chi connectivity index (χ0) is 14.0. The van der Waals surface area contributed by atoms with Crippen LogP contribution in [0.3, 0.4) is 0 Å². The molecule has 0 spiro atoms. The van der Waals surface area contributed by atoms with Gasteiger partial charge >= 0.3 is 0 Å². The average molecular weight is 304 g/mol. The molecule has 0 aliphatic carbocycles. The zero-order valence-electron chi connectivity index (χ0n) is 11.1. The summed E-state index contributed by atoms with van der Waals surface area (Å²) in [7, 11) is -1.80. The summed E-state index contributed by atoms with van der Waals surface area (Å²) in [5.41, 5.74) is 0. The van der Waals surface area contributed by atoms with Crippen molar-refractivity contribution in [2.24, 2.45) is 0 Å². The van der Waals surface area contributed by atoms with Crippen LogP contribution in [0, 0.1) is 0 Å². The third-order valence-electron chi connectivity index (χ3n) is 3.45. The smallest absolute Gasteiger partial charge is 0.244 e. The topological polar surface area (TPSA) is 62.3 Å². The lowest BCUT2D eigenvalue weighted by Gasteiger charge is -2.23. The average Bonchev–Trinajstić information content (AvgIpc) is 2.87. The third-order valence-corrected chi connectivity index (χ3v) is 5.66. The molecular formula is C12H18ClN3O2S. The van der Waals surface area contributed by atoms with Gasteiger partial charge in [-0.2, -0.15) is 4.31 Å². The molecule has 1 aliphatic heterocycles. The lowest BCUT2D eigenvalue weighted by Crippen LogP contribution is -2.35. The van der Waals surface area contributed by atoms with Gasteiger partial charge in [-0.3, -0.25) is 0 Å². The maximum absolute atomic E-state index is 12.6. The molecule has 1 atom stereocenters. The molecule has 19 heavy (non-hydrogen) atoms. The van der Waals surface area contributed by atoms with Gasteiger partial charge in [0.1, 0.15) is 10.7 Å². The second kappa shape index (κ2) is 5.64. The van der Waals surface area contributed by atoms with Crippen molar-refractivity contribution in [3.8, 4) is 0 Å². The number of halogens is 1. The zero-order valence-corrected chi connectivity index (χ0v) is 12.6. The summed E-state index contributed by atoms with van der Waals surface area (Å²) in [6.45, 7) is 2.58. The number of hydrogen-bond donors (Lipinski definition) is 1. The Bertz CT molecular complexity index is 562. The lowest BCUT2D eigenvalue weighted by atomic mass is 10.2. The van der Waals surface area contributed by atoms with E-state index in [-0.39, 0.29) is 10.9 Å². The number of aromatic nitrogens is 1. The Kier molecular flexibility index (Phi) is 4.32. The molecule has 0 aromatic carbocycles. The van der Waals surface area contributed by atoms with Gasteiger partial charge < -0.3 is 5.32 Å². The van der Waals surface area contributed by atoms with E-state index < -0.39 is 10.0 Å². The Morgan fingerprint density at radius 2 is 2.32 bits per heavy atom. The molecule has 1 fully saturated rings. The Morgan fingerprint density at radius 3 is 2.89 bits per heavy atom. The Hall–Kier alpha value is -0.850. The quantitative estimate of drug-likeness (QED) is 0.927. The molecule has 0 radical (unpaired) electrons. The van der Waals surface area contributed by atoms with Gasteiger partial charge in [0.25, 0.3) is 0 Å². The second-order valence-corrected chi connectivity index (χ2v) is 6.87. The van der Waals surface area contributed by atoms with Crippen LogP contribution in [-0.2, 0) is 10.0 Å². The van der Waals surface area contributed by atoms with Gasteiger partial charge in [0.2, 0.25) is 10.0 Å². The highest BCUT2D eigenvalue weighted by Gasteiger charge is 2.34. The van der Waals surface area contributed by atoms with Gasteiger partial charge in [-0.05, 0) is 25.3 Å². The first-order chi connectivity index (χ1) is 9.00. The fraction of sp³-hybridized carbons (Fsp3) is 0.583. The van der Waals surface area contributed by atoms with Crippen LogP contribution in [-0.4, -0.2) is 37.3 Å². The van der Waals surface area contributed by atoms with Gasteiger partial charge in [-0.25, -0.2) is 13.4 Å². The maximum atomic E-state index is 12.6. The van der Waals surface area contributed by atoms with E-state index in [1.165, 1.54) is 12.3 Å². The van der Waals surface area contributed by atoms with E-state index >= 15 is 0 Å². The van der Waals surface area contributed by atoms with Gasteiger partial charge in [-0.1, -0.05) is 18.5 Å². The summed E-state index contributed by atoms with van der Waals surface area (Å²) in [6, 6.07) is 1.55. The molecule has 0 saturated carbocycles. The molecule has 1 saturated heterocycles. The fourth-order valence-corrected chi connectivity index (χ4v) is 4.48. The summed E-state index contributed by atoms with van der Waals surface area (Å²) < 4.78 is 26.7. The van der Waals surface area contributed by atoms with Gasteiger partial charge in [0, 0.05) is 25.8 Å². The van der Waals surface area contributed by atoms with Crippen LogP contribution in [0.5, 0.6) is 0 Å². The standard InChI is InChI=1S/C12H18ClN3O2S/c1-3-9-5-4-6-16(9)19(17,18)10-7-11(13)12(14-2)15-8-10/h7-9H,3-6H2,1-2H3,(H,14,15). The first-order valence-corrected chi connectivity index (χ1v) is 8.17. The van der Waals surface area contributed by atoms with E-state index in [0.29, 0.717) is 17.4 Å². The van der Waals surface area contributed by atoms with E-state index in [4.69, 9.17) is 11.6 Å². The maximum Gasteiger partial charge on any atom is 0.244 e. The molecule has 0 amide bonds. The largest absolute Gasteiger partial charge is 0.372 e.